The number of hydrogen-bond donors (Lipinski definition) is 1. The summed E-state index contributed by atoms with van der Waals surface area (Å²) in [6.45, 7) is 2.82. The van der Waals surface area contributed by atoms with E-state index >= 15 is 0 Å². The first-order chi connectivity index (χ1) is 8.08. The van der Waals surface area contributed by atoms with Crippen molar-refractivity contribution in [3.05, 3.63) is 35.1 Å². The molecule has 1 saturated heterocycles. The molecule has 0 saturated carbocycles. The summed E-state index contributed by atoms with van der Waals surface area (Å²) >= 11 is 1.84. The third-order valence-electron chi connectivity index (χ3n) is 3.21. The molecule has 0 aliphatic carbocycles. The first-order valence-electron chi connectivity index (χ1n) is 5.81. The summed E-state index contributed by atoms with van der Waals surface area (Å²) in [4.78, 5) is 2.15. The number of aliphatic hydroxyl groups is 1. The summed E-state index contributed by atoms with van der Waals surface area (Å²) in [6, 6.07) is 4.86. The van der Waals surface area contributed by atoms with Crippen LogP contribution in [0.15, 0.2) is 18.2 Å². The van der Waals surface area contributed by atoms with Gasteiger partial charge in [-0.25, -0.2) is 4.39 Å². The highest BCUT2D eigenvalue weighted by atomic mass is 32.2. The number of aliphatic hydroxyl groups excluding tert-OH is 1. The number of thioether (sulfide) groups is 1. The molecule has 2 atom stereocenters. The van der Waals surface area contributed by atoms with Crippen molar-refractivity contribution in [1.29, 1.82) is 0 Å². The third kappa shape index (κ3) is 3.00. The molecule has 1 heterocycles. The van der Waals surface area contributed by atoms with Crippen molar-refractivity contribution in [2.75, 3.05) is 25.1 Å². The van der Waals surface area contributed by atoms with Crippen LogP contribution in [0, 0.1) is 12.7 Å². The van der Waals surface area contributed by atoms with E-state index < -0.39 is 6.10 Å². The van der Waals surface area contributed by atoms with Crippen LogP contribution in [0.25, 0.3) is 0 Å². The fraction of sp³-hybridized carbons (Fsp3) is 0.538. The van der Waals surface area contributed by atoms with E-state index in [0.717, 1.165) is 23.6 Å². The second kappa shape index (κ2) is 5.38. The number of likely N-dealkylation sites (N-methyl/N-ethyl adjacent to an activating group) is 1. The molecule has 0 amide bonds. The number of nitrogens with zero attached hydrogens (tertiary/aromatic N) is 1. The van der Waals surface area contributed by atoms with Crippen LogP contribution in [0.1, 0.15) is 17.2 Å². The monoisotopic (exact) mass is 255 g/mol. The predicted molar refractivity (Wildman–Crippen MR) is 69.8 cm³/mol. The zero-order chi connectivity index (χ0) is 12.4. The fourth-order valence-electron chi connectivity index (χ4n) is 2.20. The molecule has 0 bridgehead atoms. The first kappa shape index (κ1) is 12.9. The molecule has 0 aromatic heterocycles. The lowest BCUT2D eigenvalue weighted by Crippen LogP contribution is -2.43. The Morgan fingerprint density at radius 3 is 2.88 bits per heavy atom. The molecule has 1 aromatic carbocycles. The van der Waals surface area contributed by atoms with Gasteiger partial charge in [0.25, 0.3) is 0 Å². The smallest absolute Gasteiger partial charge is 0.123 e. The summed E-state index contributed by atoms with van der Waals surface area (Å²) in [5.41, 5.74) is 1.53. The van der Waals surface area contributed by atoms with Crippen LogP contribution in [0.3, 0.4) is 0 Å². The van der Waals surface area contributed by atoms with E-state index in [1.165, 1.54) is 12.1 Å². The van der Waals surface area contributed by atoms with Gasteiger partial charge in [-0.1, -0.05) is 6.07 Å². The molecule has 0 spiro atoms. The topological polar surface area (TPSA) is 23.5 Å². The average molecular weight is 255 g/mol. The Bertz CT molecular complexity index is 379. The second-order valence-corrected chi connectivity index (χ2v) is 5.78. The highest BCUT2D eigenvalue weighted by Gasteiger charge is 2.27. The Labute approximate surface area is 106 Å². The maximum absolute atomic E-state index is 13.3. The minimum atomic E-state index is -0.609. The van der Waals surface area contributed by atoms with E-state index in [4.69, 9.17) is 0 Å². The maximum atomic E-state index is 13.3. The summed E-state index contributed by atoms with van der Waals surface area (Å²) < 4.78 is 13.3. The van der Waals surface area contributed by atoms with Crippen LogP contribution in [0.2, 0.25) is 0 Å². The highest BCUT2D eigenvalue weighted by molar-refractivity contribution is 7.99. The zero-order valence-electron chi connectivity index (χ0n) is 10.2. The van der Waals surface area contributed by atoms with Crippen molar-refractivity contribution >= 4 is 11.8 Å². The summed E-state index contributed by atoms with van der Waals surface area (Å²) in [6.07, 6.45) is -0.609. The quantitative estimate of drug-likeness (QED) is 0.876. The van der Waals surface area contributed by atoms with Gasteiger partial charge in [-0.05, 0) is 37.2 Å². The maximum Gasteiger partial charge on any atom is 0.123 e. The Morgan fingerprint density at radius 1 is 1.47 bits per heavy atom. The van der Waals surface area contributed by atoms with Crippen molar-refractivity contribution in [2.45, 2.75) is 19.1 Å². The highest BCUT2D eigenvalue weighted by Crippen LogP contribution is 2.27. The van der Waals surface area contributed by atoms with E-state index in [1.807, 2.05) is 31.8 Å². The number of hydrogen-bond acceptors (Lipinski definition) is 3. The molecule has 1 aliphatic heterocycles. The molecule has 2 rings (SSSR count). The van der Waals surface area contributed by atoms with E-state index in [-0.39, 0.29) is 11.9 Å². The van der Waals surface area contributed by atoms with Gasteiger partial charge in [-0.2, -0.15) is 11.8 Å². The SMILES string of the molecule is Cc1cc(F)cc(C(O)C2CSCCN2C)c1. The second-order valence-electron chi connectivity index (χ2n) is 4.63. The molecule has 94 valence electrons. The summed E-state index contributed by atoms with van der Waals surface area (Å²) in [5.74, 6) is 1.72. The number of rotatable bonds is 2. The predicted octanol–water partition coefficient (Wildman–Crippen LogP) is 2.21. The van der Waals surface area contributed by atoms with Crippen LogP contribution in [0.5, 0.6) is 0 Å². The van der Waals surface area contributed by atoms with Crippen LogP contribution in [-0.4, -0.2) is 41.1 Å². The van der Waals surface area contributed by atoms with Crippen LogP contribution in [0.4, 0.5) is 4.39 Å². The lowest BCUT2D eigenvalue weighted by Gasteiger charge is -2.35. The Hall–Kier alpha value is -0.580. The first-order valence-corrected chi connectivity index (χ1v) is 6.96. The van der Waals surface area contributed by atoms with Crippen molar-refractivity contribution < 1.29 is 9.50 Å². The zero-order valence-corrected chi connectivity index (χ0v) is 11.0. The Balaban J connectivity index is 2.20. The van der Waals surface area contributed by atoms with Crippen molar-refractivity contribution in [1.82, 2.24) is 4.90 Å². The third-order valence-corrected chi connectivity index (χ3v) is 4.26. The largest absolute Gasteiger partial charge is 0.387 e. The van der Waals surface area contributed by atoms with Crippen LogP contribution in [-0.2, 0) is 0 Å². The molecular weight excluding hydrogens is 237 g/mol. The Kier molecular flexibility index (Phi) is 4.07. The van der Waals surface area contributed by atoms with Crippen molar-refractivity contribution in [3.8, 4) is 0 Å². The molecule has 1 aromatic rings. The van der Waals surface area contributed by atoms with Gasteiger partial charge in [0.05, 0.1) is 6.10 Å². The molecule has 1 N–H and O–H groups in total. The minimum Gasteiger partial charge on any atom is -0.387 e. The van der Waals surface area contributed by atoms with E-state index in [2.05, 4.69) is 4.90 Å². The van der Waals surface area contributed by atoms with Crippen molar-refractivity contribution in [3.63, 3.8) is 0 Å². The lowest BCUT2D eigenvalue weighted by molar-refractivity contribution is 0.0756. The molecule has 1 fully saturated rings. The number of benzene rings is 1. The number of halogens is 1. The summed E-state index contributed by atoms with van der Waals surface area (Å²) in [5, 5.41) is 10.3. The molecule has 0 radical (unpaired) electrons. The normalized spacial score (nSPS) is 23.6. The number of aryl methyl sites for hydroxylation is 1. The molecule has 1 aliphatic rings. The van der Waals surface area contributed by atoms with Crippen molar-refractivity contribution in [2.24, 2.45) is 0 Å². The van der Waals surface area contributed by atoms with Gasteiger partial charge in [0.1, 0.15) is 5.82 Å². The van der Waals surface area contributed by atoms with Gasteiger partial charge in [-0.15, -0.1) is 0 Å². The van der Waals surface area contributed by atoms with Gasteiger partial charge < -0.3 is 5.11 Å². The van der Waals surface area contributed by atoms with E-state index in [9.17, 15) is 9.50 Å². The van der Waals surface area contributed by atoms with Gasteiger partial charge in [0, 0.05) is 24.1 Å². The molecule has 2 nitrogen and oxygen atoms in total. The van der Waals surface area contributed by atoms with Crippen LogP contribution < -0.4 is 0 Å². The van der Waals surface area contributed by atoms with E-state index in [0.29, 0.717) is 5.56 Å². The molecular formula is C13H18FNOS. The Morgan fingerprint density at radius 2 is 2.24 bits per heavy atom. The average Bonchev–Trinajstić information content (AvgIpc) is 2.27. The summed E-state index contributed by atoms with van der Waals surface area (Å²) in [7, 11) is 2.01. The van der Waals surface area contributed by atoms with Gasteiger partial charge >= 0.3 is 0 Å². The van der Waals surface area contributed by atoms with E-state index in [1.54, 1.807) is 0 Å². The standard InChI is InChI=1S/C13H18FNOS/c1-9-5-10(7-11(14)6-9)13(16)12-8-17-4-3-15(12)2/h5-7,12-13,16H,3-4,8H2,1-2H3. The van der Waals surface area contributed by atoms with Gasteiger partial charge in [0.2, 0.25) is 0 Å². The molecule has 2 unspecified atom stereocenters. The van der Waals surface area contributed by atoms with Gasteiger partial charge in [0.15, 0.2) is 0 Å². The minimum absolute atomic E-state index is 0.0787. The fourth-order valence-corrected chi connectivity index (χ4v) is 3.46. The van der Waals surface area contributed by atoms with Gasteiger partial charge in [-0.3, -0.25) is 4.90 Å². The lowest BCUT2D eigenvalue weighted by atomic mass is 10.0. The molecule has 17 heavy (non-hydrogen) atoms. The molecule has 4 heteroatoms. The van der Waals surface area contributed by atoms with Crippen LogP contribution >= 0.6 is 11.8 Å².